The number of likely N-dealkylation sites (N-methyl/N-ethyl adjacent to an activating group) is 1. The maximum atomic E-state index is 13.2. The van der Waals surface area contributed by atoms with Crippen LogP contribution in [-0.2, 0) is 14.3 Å². The molecule has 3 aliphatic rings. The molecule has 1 aliphatic carbocycles. The van der Waals surface area contributed by atoms with Crippen LogP contribution in [0, 0.1) is 0 Å². The van der Waals surface area contributed by atoms with Crippen LogP contribution in [0.4, 0.5) is 4.79 Å². The standard InChI is InChI=1S/C23H21ClN2O4S/c1-25(17-10-11-19-26(22(17)28)18(12-31-19)21(24)27)23(29)30-20-15-8-4-2-6-13(15)14-7-3-5-9-16(14)20/h2-9,17-20H,10-12H2,1H3/t17-,18-,19-/m0/s1. The first kappa shape index (κ1) is 20.4. The molecule has 3 atom stereocenters. The average molecular weight is 457 g/mol. The van der Waals surface area contributed by atoms with Gasteiger partial charge in [-0.1, -0.05) is 48.5 Å². The Morgan fingerprint density at radius 1 is 1.06 bits per heavy atom. The van der Waals surface area contributed by atoms with Crippen LogP contribution < -0.4 is 0 Å². The Bertz CT molecular complexity index is 1030. The van der Waals surface area contributed by atoms with Gasteiger partial charge in [-0.25, -0.2) is 4.79 Å². The van der Waals surface area contributed by atoms with Gasteiger partial charge >= 0.3 is 6.09 Å². The molecule has 0 N–H and O–H groups in total. The van der Waals surface area contributed by atoms with Crippen molar-refractivity contribution in [3.8, 4) is 11.1 Å². The van der Waals surface area contributed by atoms with Crippen molar-refractivity contribution in [3.63, 3.8) is 0 Å². The van der Waals surface area contributed by atoms with Gasteiger partial charge in [0.05, 0.1) is 5.37 Å². The van der Waals surface area contributed by atoms with Crippen molar-refractivity contribution in [2.45, 2.75) is 36.4 Å². The number of nitrogens with zero attached hydrogens (tertiary/aromatic N) is 2. The number of benzene rings is 2. The highest BCUT2D eigenvalue weighted by atomic mass is 35.5. The van der Waals surface area contributed by atoms with Gasteiger partial charge < -0.3 is 9.64 Å². The molecule has 2 fully saturated rings. The Kier molecular flexibility index (Phi) is 5.18. The highest BCUT2D eigenvalue weighted by molar-refractivity contribution is 8.00. The molecule has 160 valence electrons. The van der Waals surface area contributed by atoms with Gasteiger partial charge in [0.15, 0.2) is 6.10 Å². The third kappa shape index (κ3) is 3.31. The molecular formula is C23H21ClN2O4S. The molecule has 2 aromatic rings. The fraction of sp³-hybridized carbons (Fsp3) is 0.348. The van der Waals surface area contributed by atoms with Crippen LogP contribution >= 0.6 is 23.4 Å². The van der Waals surface area contributed by atoms with Crippen molar-refractivity contribution >= 4 is 40.6 Å². The fourth-order valence-electron chi connectivity index (χ4n) is 4.76. The summed E-state index contributed by atoms with van der Waals surface area (Å²) in [6.07, 6.45) is 0.149. The van der Waals surface area contributed by atoms with Crippen molar-refractivity contribution in [1.29, 1.82) is 0 Å². The first-order valence-electron chi connectivity index (χ1n) is 10.2. The van der Waals surface area contributed by atoms with Gasteiger partial charge in [0.2, 0.25) is 11.1 Å². The molecule has 0 saturated carbocycles. The second-order valence-electron chi connectivity index (χ2n) is 8.00. The van der Waals surface area contributed by atoms with Gasteiger partial charge in [0, 0.05) is 23.9 Å². The fourth-order valence-corrected chi connectivity index (χ4v) is 6.46. The third-order valence-corrected chi connectivity index (χ3v) is 7.94. The van der Waals surface area contributed by atoms with Crippen molar-refractivity contribution in [2.75, 3.05) is 12.8 Å². The Balaban J connectivity index is 1.37. The molecule has 2 heterocycles. The maximum absolute atomic E-state index is 13.2. The summed E-state index contributed by atoms with van der Waals surface area (Å²) >= 11 is 7.28. The zero-order chi connectivity index (χ0) is 21.7. The minimum atomic E-state index is -0.673. The number of piperidine rings is 1. The number of carbonyl (C=O) groups is 3. The lowest BCUT2D eigenvalue weighted by Crippen LogP contribution is -2.57. The van der Waals surface area contributed by atoms with Gasteiger partial charge in [0.1, 0.15) is 12.1 Å². The Hall–Kier alpha value is -2.51. The largest absolute Gasteiger partial charge is 0.436 e. The summed E-state index contributed by atoms with van der Waals surface area (Å²) in [6, 6.07) is 14.4. The third-order valence-electron chi connectivity index (χ3n) is 6.33. The summed E-state index contributed by atoms with van der Waals surface area (Å²) in [6.45, 7) is 0. The number of hydrogen-bond acceptors (Lipinski definition) is 5. The zero-order valence-corrected chi connectivity index (χ0v) is 18.4. The van der Waals surface area contributed by atoms with Crippen LogP contribution in [0.5, 0.6) is 0 Å². The van der Waals surface area contributed by atoms with Crippen molar-refractivity contribution in [1.82, 2.24) is 9.80 Å². The smallest absolute Gasteiger partial charge is 0.411 e. The van der Waals surface area contributed by atoms with Crippen molar-refractivity contribution in [2.24, 2.45) is 0 Å². The van der Waals surface area contributed by atoms with Crippen LogP contribution in [0.2, 0.25) is 0 Å². The van der Waals surface area contributed by atoms with Gasteiger partial charge in [-0.15, -0.1) is 11.8 Å². The SMILES string of the molecule is CN(C(=O)OC1c2ccccc2-c2ccccc21)[C@H]1CC[C@@H]2SC[C@@H](C(=O)Cl)N2C1=O. The van der Waals surface area contributed by atoms with Crippen LogP contribution in [0.1, 0.15) is 30.1 Å². The summed E-state index contributed by atoms with van der Waals surface area (Å²) in [5.74, 6) is 0.252. The quantitative estimate of drug-likeness (QED) is 0.652. The number of halogens is 1. The Morgan fingerprint density at radius 2 is 1.68 bits per heavy atom. The molecule has 6 nitrogen and oxygen atoms in total. The van der Waals surface area contributed by atoms with E-state index in [1.165, 1.54) is 4.90 Å². The monoisotopic (exact) mass is 456 g/mol. The summed E-state index contributed by atoms with van der Waals surface area (Å²) in [5, 5.41) is -0.595. The summed E-state index contributed by atoms with van der Waals surface area (Å²) < 4.78 is 5.93. The first-order chi connectivity index (χ1) is 15.0. The van der Waals surface area contributed by atoms with Gasteiger partial charge in [-0.05, 0) is 35.6 Å². The molecule has 8 heteroatoms. The minimum absolute atomic E-state index is 0.0607. The summed E-state index contributed by atoms with van der Waals surface area (Å²) in [5.41, 5.74) is 3.97. The lowest BCUT2D eigenvalue weighted by atomic mass is 10.0. The molecular weight excluding hydrogens is 436 g/mol. The predicted octanol–water partition coefficient (Wildman–Crippen LogP) is 4.02. The van der Waals surface area contributed by atoms with E-state index in [9.17, 15) is 14.4 Å². The zero-order valence-electron chi connectivity index (χ0n) is 16.9. The molecule has 0 radical (unpaired) electrons. The highest BCUT2D eigenvalue weighted by Gasteiger charge is 2.48. The van der Waals surface area contributed by atoms with Gasteiger partial charge in [-0.3, -0.25) is 14.5 Å². The molecule has 0 bridgehead atoms. The maximum Gasteiger partial charge on any atom is 0.411 e. The van der Waals surface area contributed by atoms with E-state index in [1.54, 1.807) is 23.7 Å². The molecule has 0 unspecified atom stereocenters. The second-order valence-corrected chi connectivity index (χ2v) is 9.58. The molecule has 0 spiro atoms. The van der Waals surface area contributed by atoms with E-state index >= 15 is 0 Å². The first-order valence-corrected chi connectivity index (χ1v) is 11.6. The second kappa shape index (κ2) is 7.88. The van der Waals surface area contributed by atoms with E-state index in [0.717, 1.165) is 22.3 Å². The van der Waals surface area contributed by atoms with Gasteiger partial charge in [-0.2, -0.15) is 0 Å². The lowest BCUT2D eigenvalue weighted by Gasteiger charge is -2.39. The number of amides is 2. The summed E-state index contributed by atoms with van der Waals surface area (Å²) in [4.78, 5) is 40.9. The predicted molar refractivity (Wildman–Crippen MR) is 119 cm³/mol. The average Bonchev–Trinajstić information content (AvgIpc) is 3.35. The van der Waals surface area contributed by atoms with E-state index in [0.29, 0.717) is 18.6 Å². The number of fused-ring (bicyclic) bond motifs is 4. The lowest BCUT2D eigenvalue weighted by molar-refractivity contribution is -0.144. The van der Waals surface area contributed by atoms with E-state index in [-0.39, 0.29) is 11.3 Å². The minimum Gasteiger partial charge on any atom is -0.436 e. The van der Waals surface area contributed by atoms with Crippen molar-refractivity contribution < 1.29 is 19.1 Å². The normalized spacial score (nSPS) is 24.4. The Labute approximate surface area is 189 Å². The van der Waals surface area contributed by atoms with E-state index in [1.807, 2.05) is 48.5 Å². The van der Waals surface area contributed by atoms with E-state index in [2.05, 4.69) is 0 Å². The Morgan fingerprint density at radius 3 is 2.29 bits per heavy atom. The molecule has 5 rings (SSSR count). The number of carbonyl (C=O) groups excluding carboxylic acids is 3. The number of hydrogen-bond donors (Lipinski definition) is 0. The number of rotatable bonds is 3. The van der Waals surface area contributed by atoms with E-state index < -0.39 is 29.5 Å². The van der Waals surface area contributed by atoms with Crippen LogP contribution in [0.25, 0.3) is 11.1 Å². The molecule has 0 aromatic heterocycles. The number of ether oxygens (including phenoxy) is 1. The van der Waals surface area contributed by atoms with Crippen LogP contribution in [-0.4, -0.2) is 57.3 Å². The molecule has 2 amide bonds. The topological polar surface area (TPSA) is 66.9 Å². The van der Waals surface area contributed by atoms with Crippen molar-refractivity contribution in [3.05, 3.63) is 59.7 Å². The molecule has 2 aliphatic heterocycles. The molecule has 31 heavy (non-hydrogen) atoms. The molecule has 2 saturated heterocycles. The van der Waals surface area contributed by atoms with Gasteiger partial charge in [0.25, 0.3) is 0 Å². The van der Waals surface area contributed by atoms with Crippen LogP contribution in [0.3, 0.4) is 0 Å². The number of thioether (sulfide) groups is 1. The molecule has 2 aromatic carbocycles. The van der Waals surface area contributed by atoms with Crippen LogP contribution in [0.15, 0.2) is 48.5 Å². The van der Waals surface area contributed by atoms with E-state index in [4.69, 9.17) is 16.3 Å². The highest BCUT2D eigenvalue weighted by Crippen LogP contribution is 2.45. The summed E-state index contributed by atoms with van der Waals surface area (Å²) in [7, 11) is 1.58.